The van der Waals surface area contributed by atoms with Crippen LogP contribution >= 0.6 is 0 Å². The molecular formula is C14H15N3O4. The maximum atomic E-state index is 11.1. The second-order valence-electron chi connectivity index (χ2n) is 4.12. The second kappa shape index (κ2) is 6.00. The topological polar surface area (TPSA) is 107 Å². The lowest BCUT2D eigenvalue weighted by atomic mass is 10.2. The molecule has 21 heavy (non-hydrogen) atoms. The lowest BCUT2D eigenvalue weighted by Gasteiger charge is -2.14. The van der Waals surface area contributed by atoms with E-state index in [0.29, 0.717) is 17.2 Å². The average Bonchev–Trinajstić information content (AvgIpc) is 2.49. The lowest BCUT2D eigenvalue weighted by Crippen LogP contribution is -2.07. The normalized spacial score (nSPS) is 10.0. The van der Waals surface area contributed by atoms with Crippen molar-refractivity contribution in [3.8, 4) is 11.5 Å². The van der Waals surface area contributed by atoms with E-state index in [2.05, 4.69) is 10.3 Å². The van der Waals surface area contributed by atoms with Gasteiger partial charge in [0.1, 0.15) is 11.5 Å². The third-order valence-electron chi connectivity index (χ3n) is 2.88. The summed E-state index contributed by atoms with van der Waals surface area (Å²) in [7, 11) is 3.07. The van der Waals surface area contributed by atoms with Gasteiger partial charge in [0.25, 0.3) is 0 Å². The molecule has 0 amide bonds. The summed E-state index contributed by atoms with van der Waals surface area (Å²) < 4.78 is 10.4. The highest BCUT2D eigenvalue weighted by Gasteiger charge is 2.14. The summed E-state index contributed by atoms with van der Waals surface area (Å²) >= 11 is 0. The first-order chi connectivity index (χ1) is 10.1. The molecule has 0 fully saturated rings. The van der Waals surface area contributed by atoms with Crippen LogP contribution in [0.25, 0.3) is 0 Å². The zero-order valence-corrected chi connectivity index (χ0v) is 11.6. The van der Waals surface area contributed by atoms with Gasteiger partial charge in [-0.05, 0) is 18.2 Å². The third kappa shape index (κ3) is 2.97. The molecule has 110 valence electrons. The summed E-state index contributed by atoms with van der Waals surface area (Å²) in [5.74, 6) is 0.293. The Morgan fingerprint density at radius 1 is 1.29 bits per heavy atom. The van der Waals surface area contributed by atoms with Crippen molar-refractivity contribution in [1.29, 1.82) is 0 Å². The van der Waals surface area contributed by atoms with E-state index in [9.17, 15) is 4.79 Å². The fourth-order valence-corrected chi connectivity index (χ4v) is 1.80. The summed E-state index contributed by atoms with van der Waals surface area (Å²) in [4.78, 5) is 15.1. The van der Waals surface area contributed by atoms with Gasteiger partial charge in [0.15, 0.2) is 5.82 Å². The Labute approximate surface area is 121 Å². The van der Waals surface area contributed by atoms with Gasteiger partial charge in [0.05, 0.1) is 31.2 Å². The van der Waals surface area contributed by atoms with Crippen molar-refractivity contribution < 1.29 is 19.4 Å². The van der Waals surface area contributed by atoms with Crippen LogP contribution in [0.2, 0.25) is 0 Å². The van der Waals surface area contributed by atoms with Gasteiger partial charge < -0.3 is 25.6 Å². The minimum absolute atomic E-state index is 0.0191. The van der Waals surface area contributed by atoms with Crippen LogP contribution in [0.4, 0.5) is 17.2 Å². The maximum Gasteiger partial charge on any atom is 0.337 e. The van der Waals surface area contributed by atoms with Crippen LogP contribution in [-0.2, 0) is 0 Å². The van der Waals surface area contributed by atoms with Gasteiger partial charge in [-0.25, -0.2) is 9.78 Å². The Bertz CT molecular complexity index is 673. The first kappa shape index (κ1) is 14.4. The van der Waals surface area contributed by atoms with Crippen molar-refractivity contribution in [1.82, 2.24) is 4.98 Å². The Morgan fingerprint density at radius 3 is 2.67 bits per heavy atom. The minimum atomic E-state index is -1.12. The number of aromatic carboxylic acids is 1. The number of benzene rings is 1. The Kier molecular flexibility index (Phi) is 4.13. The standard InChI is InChI=1S/C14H15N3O4/c1-20-8-3-4-11(21-2)10(7-8)17-13-12(15)9(14(18)19)5-6-16-13/h3-7H,15H2,1-2H3,(H,16,17)(H,18,19). The van der Waals surface area contributed by atoms with Crippen LogP contribution in [0.15, 0.2) is 30.5 Å². The van der Waals surface area contributed by atoms with Crippen molar-refractivity contribution >= 4 is 23.2 Å². The van der Waals surface area contributed by atoms with Gasteiger partial charge in [0.2, 0.25) is 0 Å². The SMILES string of the molecule is COc1ccc(OC)c(Nc2nccc(C(=O)O)c2N)c1. The quantitative estimate of drug-likeness (QED) is 0.773. The summed E-state index contributed by atoms with van der Waals surface area (Å²) in [6, 6.07) is 6.51. The molecule has 4 N–H and O–H groups in total. The van der Waals surface area contributed by atoms with E-state index in [0.717, 1.165) is 0 Å². The van der Waals surface area contributed by atoms with Crippen molar-refractivity contribution in [2.75, 3.05) is 25.3 Å². The number of aromatic nitrogens is 1. The monoisotopic (exact) mass is 289 g/mol. The van der Waals surface area contributed by atoms with Crippen molar-refractivity contribution in [2.45, 2.75) is 0 Å². The van der Waals surface area contributed by atoms with E-state index >= 15 is 0 Å². The van der Waals surface area contributed by atoms with Crippen LogP contribution in [0.5, 0.6) is 11.5 Å². The summed E-state index contributed by atoms with van der Waals surface area (Å²) in [5, 5.41) is 12.0. The van der Waals surface area contributed by atoms with Gasteiger partial charge in [-0.1, -0.05) is 0 Å². The van der Waals surface area contributed by atoms with Crippen LogP contribution in [0.3, 0.4) is 0 Å². The maximum absolute atomic E-state index is 11.1. The van der Waals surface area contributed by atoms with E-state index in [-0.39, 0.29) is 17.1 Å². The molecule has 1 aromatic carbocycles. The molecule has 0 aliphatic carbocycles. The number of methoxy groups -OCH3 is 2. The molecule has 0 radical (unpaired) electrons. The Hall–Kier alpha value is -2.96. The number of carboxylic acids is 1. The molecule has 0 aliphatic rings. The molecule has 0 bridgehead atoms. The van der Waals surface area contributed by atoms with Gasteiger partial charge in [-0.2, -0.15) is 0 Å². The zero-order valence-electron chi connectivity index (χ0n) is 11.6. The molecular weight excluding hydrogens is 274 g/mol. The molecule has 7 heteroatoms. The van der Waals surface area contributed by atoms with E-state index in [4.69, 9.17) is 20.3 Å². The summed E-state index contributed by atoms with van der Waals surface area (Å²) in [6.45, 7) is 0. The van der Waals surface area contributed by atoms with E-state index in [1.807, 2.05) is 0 Å². The molecule has 0 aliphatic heterocycles. The van der Waals surface area contributed by atoms with Gasteiger partial charge in [-0.3, -0.25) is 0 Å². The number of nitrogens with two attached hydrogens (primary N) is 1. The smallest absolute Gasteiger partial charge is 0.337 e. The Balaban J connectivity index is 2.42. The van der Waals surface area contributed by atoms with Crippen LogP contribution in [0, 0.1) is 0 Å². The summed E-state index contributed by atoms with van der Waals surface area (Å²) in [5.41, 5.74) is 6.42. The third-order valence-corrected chi connectivity index (χ3v) is 2.88. The molecule has 1 aromatic heterocycles. The van der Waals surface area contributed by atoms with Gasteiger partial charge >= 0.3 is 5.97 Å². The first-order valence-electron chi connectivity index (χ1n) is 6.03. The van der Waals surface area contributed by atoms with Gasteiger partial charge in [-0.15, -0.1) is 0 Å². The molecule has 0 spiro atoms. The Morgan fingerprint density at radius 2 is 2.05 bits per heavy atom. The van der Waals surface area contributed by atoms with Crippen LogP contribution in [0.1, 0.15) is 10.4 Å². The van der Waals surface area contributed by atoms with E-state index in [1.54, 1.807) is 25.3 Å². The predicted molar refractivity (Wildman–Crippen MR) is 78.4 cm³/mol. The number of rotatable bonds is 5. The number of nitrogens with zero attached hydrogens (tertiary/aromatic N) is 1. The summed E-state index contributed by atoms with van der Waals surface area (Å²) in [6.07, 6.45) is 1.37. The number of pyridine rings is 1. The highest BCUT2D eigenvalue weighted by Crippen LogP contribution is 2.33. The minimum Gasteiger partial charge on any atom is -0.497 e. The number of anilines is 3. The molecule has 0 unspecified atom stereocenters. The number of hydrogen-bond acceptors (Lipinski definition) is 6. The number of hydrogen-bond donors (Lipinski definition) is 3. The lowest BCUT2D eigenvalue weighted by molar-refractivity contribution is 0.0698. The largest absolute Gasteiger partial charge is 0.497 e. The fraction of sp³-hybridized carbons (Fsp3) is 0.143. The molecule has 0 saturated carbocycles. The predicted octanol–water partition coefficient (Wildman–Crippen LogP) is 2.12. The molecule has 1 heterocycles. The number of nitrogens with one attached hydrogen (secondary N) is 1. The van der Waals surface area contributed by atoms with Crippen molar-refractivity contribution in [2.24, 2.45) is 0 Å². The van der Waals surface area contributed by atoms with Crippen molar-refractivity contribution in [3.63, 3.8) is 0 Å². The van der Waals surface area contributed by atoms with E-state index in [1.165, 1.54) is 19.4 Å². The average molecular weight is 289 g/mol. The highest BCUT2D eigenvalue weighted by molar-refractivity contribution is 5.96. The first-order valence-corrected chi connectivity index (χ1v) is 6.03. The zero-order chi connectivity index (χ0) is 15.4. The van der Waals surface area contributed by atoms with Crippen LogP contribution < -0.4 is 20.5 Å². The van der Waals surface area contributed by atoms with Crippen molar-refractivity contribution in [3.05, 3.63) is 36.0 Å². The van der Waals surface area contributed by atoms with E-state index < -0.39 is 5.97 Å². The van der Waals surface area contributed by atoms with Crippen LogP contribution in [-0.4, -0.2) is 30.3 Å². The number of carboxylic acid groups (broad SMARTS) is 1. The number of nitrogen functional groups attached to an aromatic ring is 1. The van der Waals surface area contributed by atoms with Gasteiger partial charge in [0, 0.05) is 12.3 Å². The number of carbonyl (C=O) groups is 1. The fourth-order valence-electron chi connectivity index (χ4n) is 1.80. The molecule has 7 nitrogen and oxygen atoms in total. The molecule has 2 aromatic rings. The highest BCUT2D eigenvalue weighted by atomic mass is 16.5. The molecule has 0 saturated heterocycles. The second-order valence-corrected chi connectivity index (χ2v) is 4.12. The molecule has 2 rings (SSSR count). The number of ether oxygens (including phenoxy) is 2. The molecule has 0 atom stereocenters.